The molecule has 32 heavy (non-hydrogen) atoms. The molecule has 0 atom stereocenters. The molecule has 0 saturated heterocycles. The van der Waals surface area contributed by atoms with Crippen LogP contribution >= 0.6 is 0 Å². The fourth-order valence-electron chi connectivity index (χ4n) is 3.16. The van der Waals surface area contributed by atoms with Crippen molar-refractivity contribution in [2.75, 3.05) is 16.2 Å². The number of aryl methyl sites for hydroxylation is 3. The van der Waals surface area contributed by atoms with Crippen molar-refractivity contribution < 1.29 is 13.2 Å². The van der Waals surface area contributed by atoms with Gasteiger partial charge in [-0.1, -0.05) is 35.9 Å². The Balaban J connectivity index is 1.91. The maximum Gasteiger partial charge on any atom is 0.264 e. The largest absolute Gasteiger partial charge is 0.325 e. The second-order valence-corrected chi connectivity index (χ2v) is 9.54. The molecule has 3 aromatic rings. The average molecular weight is 448 g/mol. The van der Waals surface area contributed by atoms with E-state index in [9.17, 15) is 13.2 Å². The number of carbonyl (C=O) groups is 1. The van der Waals surface area contributed by atoms with Crippen molar-refractivity contribution in [2.45, 2.75) is 32.1 Å². The number of nitrogens with one attached hydrogen (secondary N) is 1. The van der Waals surface area contributed by atoms with Crippen molar-refractivity contribution in [1.82, 2.24) is 0 Å². The molecule has 0 saturated carbocycles. The number of benzene rings is 3. The van der Waals surface area contributed by atoms with Gasteiger partial charge in [-0.05, 0) is 73.9 Å². The molecule has 3 rings (SSSR count). The van der Waals surface area contributed by atoms with E-state index in [1.54, 1.807) is 60.7 Å². The lowest BCUT2D eigenvalue weighted by Gasteiger charge is -2.25. The van der Waals surface area contributed by atoms with E-state index in [1.165, 1.54) is 0 Å². The highest BCUT2D eigenvalue weighted by atomic mass is 32.2. The molecule has 0 aliphatic rings. The van der Waals surface area contributed by atoms with Gasteiger partial charge in [0.1, 0.15) is 6.54 Å². The molecule has 0 radical (unpaired) electrons. The number of hydrogen-bond donors (Lipinski definition) is 1. The van der Waals surface area contributed by atoms with Crippen LogP contribution in [0.5, 0.6) is 0 Å². The smallest absolute Gasteiger partial charge is 0.264 e. The van der Waals surface area contributed by atoms with E-state index in [4.69, 9.17) is 5.26 Å². The summed E-state index contributed by atoms with van der Waals surface area (Å²) in [7, 11) is -3.97. The minimum absolute atomic E-state index is 0.120. The lowest BCUT2D eigenvalue weighted by molar-refractivity contribution is -0.114. The van der Waals surface area contributed by atoms with Crippen LogP contribution in [0.4, 0.5) is 11.4 Å². The predicted molar refractivity (Wildman–Crippen MR) is 126 cm³/mol. The first-order valence-electron chi connectivity index (χ1n) is 10.1. The molecule has 164 valence electrons. The van der Waals surface area contributed by atoms with Crippen molar-refractivity contribution in [3.63, 3.8) is 0 Å². The van der Waals surface area contributed by atoms with E-state index in [-0.39, 0.29) is 17.9 Å². The Hall–Kier alpha value is -3.63. The van der Waals surface area contributed by atoms with Crippen LogP contribution in [0, 0.1) is 32.1 Å². The summed E-state index contributed by atoms with van der Waals surface area (Å²) >= 11 is 0. The zero-order valence-corrected chi connectivity index (χ0v) is 19.1. The topological polar surface area (TPSA) is 90.3 Å². The van der Waals surface area contributed by atoms with Crippen LogP contribution in [-0.2, 0) is 21.2 Å². The number of carbonyl (C=O) groups excluding carboxylic acids is 1. The lowest BCUT2D eigenvalue weighted by atomic mass is 10.1. The maximum atomic E-state index is 13.5. The summed E-state index contributed by atoms with van der Waals surface area (Å²) < 4.78 is 28.0. The molecule has 1 amide bonds. The molecule has 0 unspecified atom stereocenters. The number of hydrogen-bond acceptors (Lipinski definition) is 4. The van der Waals surface area contributed by atoms with Crippen molar-refractivity contribution in [3.05, 3.63) is 89.0 Å². The summed E-state index contributed by atoms with van der Waals surface area (Å²) in [5.41, 5.74) is 4.70. The molecule has 0 aromatic heterocycles. The van der Waals surface area contributed by atoms with Crippen molar-refractivity contribution >= 4 is 27.3 Å². The summed E-state index contributed by atoms with van der Waals surface area (Å²) in [6.07, 6.45) is 0.281. The molecule has 0 bridgehead atoms. The van der Waals surface area contributed by atoms with Crippen molar-refractivity contribution in [2.24, 2.45) is 0 Å². The molecule has 0 spiro atoms. The number of anilines is 2. The Bertz CT molecular complexity index is 1260. The van der Waals surface area contributed by atoms with Gasteiger partial charge in [0.05, 0.1) is 23.1 Å². The molecule has 0 fully saturated rings. The molecule has 6 nitrogen and oxygen atoms in total. The van der Waals surface area contributed by atoms with Gasteiger partial charge in [0, 0.05) is 5.69 Å². The van der Waals surface area contributed by atoms with Gasteiger partial charge in [0.2, 0.25) is 5.91 Å². The predicted octanol–water partition coefficient (Wildman–Crippen LogP) is 4.51. The van der Waals surface area contributed by atoms with Crippen molar-refractivity contribution in [3.8, 4) is 6.07 Å². The normalized spacial score (nSPS) is 10.9. The minimum atomic E-state index is -3.97. The first-order chi connectivity index (χ1) is 15.2. The van der Waals surface area contributed by atoms with Gasteiger partial charge in [-0.3, -0.25) is 9.10 Å². The zero-order valence-electron chi connectivity index (χ0n) is 18.3. The van der Waals surface area contributed by atoms with E-state index >= 15 is 0 Å². The van der Waals surface area contributed by atoms with Gasteiger partial charge in [-0.2, -0.15) is 5.26 Å². The molecule has 1 N–H and O–H groups in total. The van der Waals surface area contributed by atoms with Crippen LogP contribution in [0.25, 0.3) is 0 Å². The fraction of sp³-hybridized carbons (Fsp3) is 0.200. The van der Waals surface area contributed by atoms with Crippen LogP contribution < -0.4 is 9.62 Å². The number of nitriles is 1. The Kier molecular flexibility index (Phi) is 6.96. The summed E-state index contributed by atoms with van der Waals surface area (Å²) in [5, 5.41) is 11.5. The first-order valence-corrected chi connectivity index (χ1v) is 11.6. The van der Waals surface area contributed by atoms with E-state index in [0.717, 1.165) is 26.6 Å². The molecular weight excluding hydrogens is 422 g/mol. The molecular formula is C25H25N3O3S. The second kappa shape index (κ2) is 9.67. The quantitative estimate of drug-likeness (QED) is 0.577. The average Bonchev–Trinajstić information content (AvgIpc) is 2.76. The number of sulfonamides is 1. The van der Waals surface area contributed by atoms with E-state index in [2.05, 4.69) is 11.4 Å². The first kappa shape index (κ1) is 23.0. The molecule has 7 heteroatoms. The second-order valence-electron chi connectivity index (χ2n) is 7.67. The molecule has 0 heterocycles. The Morgan fingerprint density at radius 1 is 0.938 bits per heavy atom. The van der Waals surface area contributed by atoms with Crippen molar-refractivity contribution in [1.29, 1.82) is 5.26 Å². The van der Waals surface area contributed by atoms with Gasteiger partial charge in [0.25, 0.3) is 10.0 Å². The summed E-state index contributed by atoms with van der Waals surface area (Å²) in [6.45, 7) is 5.35. The summed E-state index contributed by atoms with van der Waals surface area (Å²) in [5.74, 6) is -0.466. The number of rotatable bonds is 7. The third-order valence-corrected chi connectivity index (χ3v) is 6.98. The lowest BCUT2D eigenvalue weighted by Crippen LogP contribution is -2.38. The maximum absolute atomic E-state index is 13.5. The number of amides is 1. The molecule has 3 aromatic carbocycles. The van der Waals surface area contributed by atoms with Gasteiger partial charge in [-0.25, -0.2) is 8.42 Å². The standard InChI is InChI=1S/C25H25N3O3S/c1-18-4-12-24(13-5-18)32(30,31)28(23-11-6-19(2)20(3)16-23)17-25(29)27-22-9-7-21(8-10-22)14-15-26/h4-13,16H,14,17H2,1-3H3,(H,27,29). The van der Waals surface area contributed by atoms with Crippen LogP contribution in [0.3, 0.4) is 0 Å². The highest BCUT2D eigenvalue weighted by Crippen LogP contribution is 2.26. The van der Waals surface area contributed by atoms with E-state index < -0.39 is 15.9 Å². The van der Waals surface area contributed by atoms with Crippen LogP contribution in [0.1, 0.15) is 22.3 Å². The van der Waals surface area contributed by atoms with Crippen LogP contribution in [-0.4, -0.2) is 20.9 Å². The van der Waals surface area contributed by atoms with Gasteiger partial charge in [-0.15, -0.1) is 0 Å². The molecule has 0 aliphatic heterocycles. The summed E-state index contributed by atoms with van der Waals surface area (Å²) in [6, 6.07) is 20.8. The number of nitrogens with zero attached hydrogens (tertiary/aromatic N) is 2. The molecule has 0 aliphatic carbocycles. The third kappa shape index (κ3) is 5.34. The Morgan fingerprint density at radius 2 is 1.59 bits per heavy atom. The highest BCUT2D eigenvalue weighted by Gasteiger charge is 2.27. The van der Waals surface area contributed by atoms with Crippen LogP contribution in [0.2, 0.25) is 0 Å². The fourth-order valence-corrected chi connectivity index (χ4v) is 4.57. The Morgan fingerprint density at radius 3 is 2.19 bits per heavy atom. The van der Waals surface area contributed by atoms with Crippen LogP contribution in [0.15, 0.2) is 71.6 Å². The zero-order chi connectivity index (χ0) is 23.3. The highest BCUT2D eigenvalue weighted by molar-refractivity contribution is 7.92. The Labute approximate surface area is 189 Å². The minimum Gasteiger partial charge on any atom is -0.325 e. The van der Waals surface area contributed by atoms with Gasteiger partial charge < -0.3 is 5.32 Å². The van der Waals surface area contributed by atoms with E-state index in [0.29, 0.717) is 11.4 Å². The monoisotopic (exact) mass is 447 g/mol. The SMILES string of the molecule is Cc1ccc(S(=O)(=O)N(CC(=O)Nc2ccc(CC#N)cc2)c2ccc(C)c(C)c2)cc1. The summed E-state index contributed by atoms with van der Waals surface area (Å²) in [4.78, 5) is 12.9. The third-order valence-electron chi connectivity index (χ3n) is 5.20. The van der Waals surface area contributed by atoms with E-state index in [1.807, 2.05) is 26.8 Å². The van der Waals surface area contributed by atoms with Gasteiger partial charge in [0.15, 0.2) is 0 Å². The van der Waals surface area contributed by atoms with Gasteiger partial charge >= 0.3 is 0 Å².